The molecule has 0 unspecified atom stereocenters. The predicted octanol–water partition coefficient (Wildman–Crippen LogP) is 4.00. The molecule has 3 rings (SSSR count). The van der Waals surface area contributed by atoms with Gasteiger partial charge in [-0.25, -0.2) is 0 Å². The van der Waals surface area contributed by atoms with Gasteiger partial charge in [-0.3, -0.25) is 9.78 Å². The maximum absolute atomic E-state index is 12.4. The molecule has 0 aliphatic heterocycles. The van der Waals surface area contributed by atoms with Crippen LogP contribution in [0.4, 0.5) is 5.82 Å². The van der Waals surface area contributed by atoms with E-state index in [4.69, 9.17) is 0 Å². The summed E-state index contributed by atoms with van der Waals surface area (Å²) in [6.45, 7) is 2.62. The molecule has 24 heavy (non-hydrogen) atoms. The van der Waals surface area contributed by atoms with Crippen molar-refractivity contribution in [3.8, 4) is 11.3 Å². The number of nitrogens with zero attached hydrogens (tertiary/aromatic N) is 3. The van der Waals surface area contributed by atoms with Crippen molar-refractivity contribution in [1.29, 1.82) is 0 Å². The van der Waals surface area contributed by atoms with Gasteiger partial charge in [0.15, 0.2) is 0 Å². The number of hydrogen-bond donors (Lipinski definition) is 1. The molecule has 0 amide bonds. The summed E-state index contributed by atoms with van der Waals surface area (Å²) in [5, 5.41) is 7.79. The summed E-state index contributed by atoms with van der Waals surface area (Å²) in [5.41, 5.74) is 2.78. The molecule has 2 aromatic heterocycles. The zero-order valence-corrected chi connectivity index (χ0v) is 13.6. The van der Waals surface area contributed by atoms with Crippen LogP contribution in [-0.4, -0.2) is 20.7 Å². The Balaban J connectivity index is 1.87. The maximum atomic E-state index is 12.4. The number of rotatable bonds is 6. The molecular weight excluding hydrogens is 300 g/mol. The standard InChI is InChI=1S/C19H20N4O/c1-2-7-19(24)23-18(21-13-15-8-4-3-5-9-15)12-17(22-23)16-10-6-11-20-14-16/h3-6,8-12,14,21H,2,7,13H2,1H3. The molecular formula is C19H20N4O. The van der Waals surface area contributed by atoms with Crippen molar-refractivity contribution in [2.24, 2.45) is 0 Å². The van der Waals surface area contributed by atoms with Gasteiger partial charge in [-0.05, 0) is 24.1 Å². The molecule has 0 saturated heterocycles. The summed E-state index contributed by atoms with van der Waals surface area (Å²) < 4.78 is 1.47. The van der Waals surface area contributed by atoms with Crippen LogP contribution in [0.15, 0.2) is 60.9 Å². The molecule has 5 heteroatoms. The van der Waals surface area contributed by atoms with Crippen molar-refractivity contribution < 1.29 is 4.79 Å². The Bertz CT molecular complexity index is 797. The molecule has 0 aliphatic carbocycles. The SMILES string of the molecule is CCCC(=O)n1nc(-c2cccnc2)cc1NCc1ccccc1. The van der Waals surface area contributed by atoms with Crippen LogP contribution in [0.25, 0.3) is 11.3 Å². The molecule has 0 aliphatic rings. The highest BCUT2D eigenvalue weighted by Crippen LogP contribution is 2.22. The van der Waals surface area contributed by atoms with Crippen LogP contribution in [0, 0.1) is 0 Å². The van der Waals surface area contributed by atoms with Crippen LogP contribution in [0.1, 0.15) is 30.1 Å². The summed E-state index contributed by atoms with van der Waals surface area (Å²) in [7, 11) is 0. The van der Waals surface area contributed by atoms with E-state index in [9.17, 15) is 4.79 Å². The Morgan fingerprint density at radius 2 is 2.00 bits per heavy atom. The van der Waals surface area contributed by atoms with Gasteiger partial charge in [0.05, 0.1) is 5.69 Å². The fraction of sp³-hybridized carbons (Fsp3) is 0.211. The van der Waals surface area contributed by atoms with Gasteiger partial charge in [0, 0.05) is 37.0 Å². The lowest BCUT2D eigenvalue weighted by Gasteiger charge is -2.08. The first-order chi connectivity index (χ1) is 11.8. The van der Waals surface area contributed by atoms with Crippen molar-refractivity contribution in [1.82, 2.24) is 14.8 Å². The Kier molecular flexibility index (Phi) is 5.01. The van der Waals surface area contributed by atoms with Crippen LogP contribution < -0.4 is 5.32 Å². The molecule has 5 nitrogen and oxygen atoms in total. The zero-order valence-electron chi connectivity index (χ0n) is 13.6. The van der Waals surface area contributed by atoms with Crippen molar-refractivity contribution >= 4 is 11.7 Å². The summed E-state index contributed by atoms with van der Waals surface area (Å²) in [6.07, 6.45) is 4.72. The van der Waals surface area contributed by atoms with E-state index in [1.54, 1.807) is 12.4 Å². The highest BCUT2D eigenvalue weighted by Gasteiger charge is 2.14. The molecule has 0 bridgehead atoms. The molecule has 1 aromatic carbocycles. The van der Waals surface area contributed by atoms with Crippen molar-refractivity contribution in [2.45, 2.75) is 26.3 Å². The average molecular weight is 320 g/mol. The van der Waals surface area contributed by atoms with Crippen LogP contribution in [0.5, 0.6) is 0 Å². The second kappa shape index (κ2) is 7.55. The van der Waals surface area contributed by atoms with E-state index in [0.29, 0.717) is 18.8 Å². The van der Waals surface area contributed by atoms with E-state index >= 15 is 0 Å². The third kappa shape index (κ3) is 3.68. The Labute approximate surface area is 141 Å². The van der Waals surface area contributed by atoms with E-state index in [2.05, 4.69) is 15.4 Å². The van der Waals surface area contributed by atoms with E-state index in [1.165, 1.54) is 4.68 Å². The number of carbonyl (C=O) groups excluding carboxylic acids is 1. The summed E-state index contributed by atoms with van der Waals surface area (Å²) in [4.78, 5) is 16.5. The smallest absolute Gasteiger partial charge is 0.248 e. The predicted molar refractivity (Wildman–Crippen MR) is 94.8 cm³/mol. The third-order valence-electron chi connectivity index (χ3n) is 3.68. The first-order valence-corrected chi connectivity index (χ1v) is 8.09. The van der Waals surface area contributed by atoms with Gasteiger partial charge in [0.2, 0.25) is 5.91 Å². The number of nitrogens with one attached hydrogen (secondary N) is 1. The number of pyridine rings is 1. The third-order valence-corrected chi connectivity index (χ3v) is 3.68. The van der Waals surface area contributed by atoms with E-state index in [1.807, 2.05) is 55.5 Å². The molecule has 0 atom stereocenters. The first kappa shape index (κ1) is 15.9. The van der Waals surface area contributed by atoms with E-state index in [0.717, 1.165) is 23.2 Å². The molecule has 0 spiro atoms. The molecule has 1 N–H and O–H groups in total. The fourth-order valence-corrected chi connectivity index (χ4v) is 2.46. The molecule has 3 aromatic rings. The fourth-order valence-electron chi connectivity index (χ4n) is 2.46. The minimum Gasteiger partial charge on any atom is -0.366 e. The number of benzene rings is 1. The highest BCUT2D eigenvalue weighted by atomic mass is 16.2. The summed E-state index contributed by atoms with van der Waals surface area (Å²) in [6, 6.07) is 15.8. The second-order valence-electron chi connectivity index (χ2n) is 5.55. The van der Waals surface area contributed by atoms with E-state index in [-0.39, 0.29) is 5.91 Å². The highest BCUT2D eigenvalue weighted by molar-refractivity contribution is 5.83. The Hall–Kier alpha value is -2.95. The average Bonchev–Trinajstić information content (AvgIpc) is 3.06. The number of aromatic nitrogens is 3. The van der Waals surface area contributed by atoms with Crippen molar-refractivity contribution in [2.75, 3.05) is 5.32 Å². The minimum atomic E-state index is -0.0109. The molecule has 0 saturated carbocycles. The lowest BCUT2D eigenvalue weighted by molar-refractivity contribution is 0.0889. The zero-order chi connectivity index (χ0) is 16.8. The Morgan fingerprint density at radius 1 is 1.17 bits per heavy atom. The van der Waals surface area contributed by atoms with Crippen LogP contribution in [-0.2, 0) is 6.54 Å². The van der Waals surface area contributed by atoms with Gasteiger partial charge in [-0.15, -0.1) is 0 Å². The van der Waals surface area contributed by atoms with Gasteiger partial charge < -0.3 is 5.32 Å². The van der Waals surface area contributed by atoms with E-state index < -0.39 is 0 Å². The molecule has 0 radical (unpaired) electrons. The minimum absolute atomic E-state index is 0.0109. The Morgan fingerprint density at radius 3 is 2.71 bits per heavy atom. The molecule has 2 heterocycles. The van der Waals surface area contributed by atoms with Crippen LogP contribution in [0.2, 0.25) is 0 Å². The van der Waals surface area contributed by atoms with Gasteiger partial charge in [0.25, 0.3) is 0 Å². The monoisotopic (exact) mass is 320 g/mol. The number of anilines is 1. The van der Waals surface area contributed by atoms with Gasteiger partial charge in [-0.1, -0.05) is 37.3 Å². The number of carbonyl (C=O) groups is 1. The summed E-state index contributed by atoms with van der Waals surface area (Å²) in [5.74, 6) is 0.694. The summed E-state index contributed by atoms with van der Waals surface area (Å²) >= 11 is 0. The van der Waals surface area contributed by atoms with Crippen LogP contribution >= 0.6 is 0 Å². The maximum Gasteiger partial charge on any atom is 0.248 e. The first-order valence-electron chi connectivity index (χ1n) is 8.09. The largest absolute Gasteiger partial charge is 0.366 e. The van der Waals surface area contributed by atoms with Crippen molar-refractivity contribution in [3.63, 3.8) is 0 Å². The van der Waals surface area contributed by atoms with Gasteiger partial charge in [0.1, 0.15) is 5.82 Å². The quantitative estimate of drug-likeness (QED) is 0.746. The normalized spacial score (nSPS) is 10.5. The van der Waals surface area contributed by atoms with Gasteiger partial charge in [-0.2, -0.15) is 9.78 Å². The molecule has 0 fully saturated rings. The molecule has 122 valence electrons. The number of hydrogen-bond acceptors (Lipinski definition) is 4. The van der Waals surface area contributed by atoms with Gasteiger partial charge >= 0.3 is 0 Å². The van der Waals surface area contributed by atoms with Crippen LogP contribution in [0.3, 0.4) is 0 Å². The lowest BCUT2D eigenvalue weighted by Crippen LogP contribution is -2.15. The van der Waals surface area contributed by atoms with Crippen molar-refractivity contribution in [3.05, 3.63) is 66.5 Å². The second-order valence-corrected chi connectivity index (χ2v) is 5.55. The lowest BCUT2D eigenvalue weighted by atomic mass is 10.2. The topological polar surface area (TPSA) is 59.8 Å².